The summed E-state index contributed by atoms with van der Waals surface area (Å²) in [6.45, 7) is 0. The third-order valence-electron chi connectivity index (χ3n) is 4.65. The molecule has 0 aromatic heterocycles. The van der Waals surface area contributed by atoms with Gasteiger partial charge in [-0.25, -0.2) is 0 Å². The molecule has 2 saturated carbocycles. The Morgan fingerprint density at radius 3 is 2.32 bits per heavy atom. The second kappa shape index (κ2) is 6.38. The zero-order valence-electron chi connectivity index (χ0n) is 11.5. The van der Waals surface area contributed by atoms with E-state index in [2.05, 4.69) is 11.4 Å². The quantitative estimate of drug-likeness (QED) is 0.751. The molecule has 2 N–H and O–H groups in total. The second-order valence-corrected chi connectivity index (χ2v) is 6.04. The molecule has 1 amide bonds. The smallest absolute Gasteiger partial charge is 0.240 e. The van der Waals surface area contributed by atoms with E-state index >= 15 is 0 Å². The highest BCUT2D eigenvalue weighted by Crippen LogP contribution is 2.35. The van der Waals surface area contributed by atoms with Gasteiger partial charge in [0.15, 0.2) is 0 Å². The van der Waals surface area contributed by atoms with Gasteiger partial charge >= 0.3 is 0 Å². The number of aliphatic hydroxyl groups is 1. The number of carbonyl (C=O) groups excluding carboxylic acids is 1. The first-order chi connectivity index (χ1) is 9.18. The van der Waals surface area contributed by atoms with Crippen LogP contribution in [0.4, 0.5) is 0 Å². The van der Waals surface area contributed by atoms with Gasteiger partial charge in [-0.2, -0.15) is 5.26 Å². The van der Waals surface area contributed by atoms with E-state index in [1.807, 2.05) is 0 Å². The summed E-state index contributed by atoms with van der Waals surface area (Å²) in [5, 5.41) is 22.3. The van der Waals surface area contributed by atoms with Crippen LogP contribution in [0.5, 0.6) is 0 Å². The van der Waals surface area contributed by atoms with E-state index in [4.69, 9.17) is 0 Å². The first-order valence-electron chi connectivity index (χ1n) is 7.58. The third-order valence-corrected chi connectivity index (χ3v) is 4.65. The lowest BCUT2D eigenvalue weighted by Gasteiger charge is -2.32. The largest absolute Gasteiger partial charge is 0.391 e. The van der Waals surface area contributed by atoms with Crippen molar-refractivity contribution in [3.8, 4) is 6.07 Å². The number of hydrogen-bond acceptors (Lipinski definition) is 3. The SMILES string of the molecule is N#CC1(C(=O)NC2CCCCC2O)CCCCCC1. The van der Waals surface area contributed by atoms with Crippen LogP contribution in [0, 0.1) is 16.7 Å². The first-order valence-corrected chi connectivity index (χ1v) is 7.58. The molecule has 4 nitrogen and oxygen atoms in total. The highest BCUT2D eigenvalue weighted by Gasteiger charge is 2.40. The van der Waals surface area contributed by atoms with Crippen LogP contribution in [-0.4, -0.2) is 23.2 Å². The number of nitriles is 1. The molecule has 4 heteroatoms. The van der Waals surface area contributed by atoms with Gasteiger partial charge in [0.1, 0.15) is 5.41 Å². The molecular weight excluding hydrogens is 240 g/mol. The predicted molar refractivity (Wildman–Crippen MR) is 72.2 cm³/mol. The minimum atomic E-state index is -0.854. The number of aliphatic hydroxyl groups excluding tert-OH is 1. The first kappa shape index (κ1) is 14.3. The average Bonchev–Trinajstić information content (AvgIpc) is 2.67. The lowest BCUT2D eigenvalue weighted by Crippen LogP contribution is -2.50. The van der Waals surface area contributed by atoms with Crippen LogP contribution in [0.3, 0.4) is 0 Å². The third kappa shape index (κ3) is 3.27. The molecule has 0 radical (unpaired) electrons. The summed E-state index contributed by atoms with van der Waals surface area (Å²) < 4.78 is 0. The predicted octanol–water partition coefficient (Wildman–Crippen LogP) is 2.27. The molecule has 0 saturated heterocycles. The Labute approximate surface area is 115 Å². The molecule has 2 aliphatic rings. The topological polar surface area (TPSA) is 73.1 Å². The fraction of sp³-hybridized carbons (Fsp3) is 0.867. The summed E-state index contributed by atoms with van der Waals surface area (Å²) in [5.74, 6) is -0.150. The van der Waals surface area contributed by atoms with Gasteiger partial charge in [0, 0.05) is 0 Å². The number of nitrogens with one attached hydrogen (secondary N) is 1. The highest BCUT2D eigenvalue weighted by atomic mass is 16.3. The molecule has 0 heterocycles. The van der Waals surface area contributed by atoms with E-state index in [1.54, 1.807) is 0 Å². The van der Waals surface area contributed by atoms with Crippen LogP contribution in [0.15, 0.2) is 0 Å². The van der Waals surface area contributed by atoms with Gasteiger partial charge in [-0.1, -0.05) is 38.5 Å². The Hall–Kier alpha value is -1.08. The van der Waals surface area contributed by atoms with Gasteiger partial charge < -0.3 is 10.4 Å². The van der Waals surface area contributed by atoms with Gasteiger partial charge in [0.25, 0.3) is 0 Å². The molecule has 0 aromatic carbocycles. The number of hydrogen-bond donors (Lipinski definition) is 2. The Morgan fingerprint density at radius 1 is 1.11 bits per heavy atom. The van der Waals surface area contributed by atoms with Crippen LogP contribution in [0.2, 0.25) is 0 Å². The molecule has 2 rings (SSSR count). The molecular formula is C15H24N2O2. The van der Waals surface area contributed by atoms with Crippen LogP contribution in [0.1, 0.15) is 64.2 Å². The van der Waals surface area contributed by atoms with Gasteiger partial charge in [-0.3, -0.25) is 4.79 Å². The summed E-state index contributed by atoms with van der Waals surface area (Å²) in [6.07, 6.45) is 8.67. The summed E-state index contributed by atoms with van der Waals surface area (Å²) in [4.78, 5) is 12.5. The van der Waals surface area contributed by atoms with Crippen molar-refractivity contribution in [1.29, 1.82) is 5.26 Å². The summed E-state index contributed by atoms with van der Waals surface area (Å²) in [7, 11) is 0. The van der Waals surface area contributed by atoms with Crippen molar-refractivity contribution in [3.05, 3.63) is 0 Å². The average molecular weight is 264 g/mol. The van der Waals surface area contributed by atoms with E-state index in [-0.39, 0.29) is 11.9 Å². The Bertz CT molecular complexity index is 354. The molecule has 2 fully saturated rings. The van der Waals surface area contributed by atoms with Gasteiger partial charge in [0.05, 0.1) is 18.2 Å². The molecule has 0 aliphatic heterocycles. The van der Waals surface area contributed by atoms with Crippen LogP contribution in [0.25, 0.3) is 0 Å². The van der Waals surface area contributed by atoms with Crippen molar-refractivity contribution in [3.63, 3.8) is 0 Å². The summed E-state index contributed by atoms with van der Waals surface area (Å²) in [6, 6.07) is 2.11. The normalized spacial score (nSPS) is 30.9. The van der Waals surface area contributed by atoms with Crippen LogP contribution < -0.4 is 5.32 Å². The van der Waals surface area contributed by atoms with E-state index < -0.39 is 11.5 Å². The monoisotopic (exact) mass is 264 g/mol. The fourth-order valence-corrected chi connectivity index (χ4v) is 3.31. The zero-order valence-corrected chi connectivity index (χ0v) is 11.5. The van der Waals surface area contributed by atoms with E-state index in [1.165, 1.54) is 0 Å². The highest BCUT2D eigenvalue weighted by molar-refractivity contribution is 5.85. The van der Waals surface area contributed by atoms with Crippen molar-refractivity contribution >= 4 is 5.91 Å². The molecule has 0 spiro atoms. The number of carbonyl (C=O) groups is 1. The molecule has 106 valence electrons. The van der Waals surface area contributed by atoms with Crippen molar-refractivity contribution in [1.82, 2.24) is 5.32 Å². The molecule has 19 heavy (non-hydrogen) atoms. The molecule has 2 aliphatic carbocycles. The Kier molecular flexibility index (Phi) is 4.81. The molecule has 2 unspecified atom stereocenters. The maximum absolute atomic E-state index is 12.5. The van der Waals surface area contributed by atoms with Crippen molar-refractivity contribution in [2.24, 2.45) is 5.41 Å². The summed E-state index contributed by atoms with van der Waals surface area (Å²) in [5.41, 5.74) is -0.854. The van der Waals surface area contributed by atoms with Gasteiger partial charge in [-0.15, -0.1) is 0 Å². The minimum Gasteiger partial charge on any atom is -0.391 e. The maximum Gasteiger partial charge on any atom is 0.240 e. The maximum atomic E-state index is 12.5. The lowest BCUT2D eigenvalue weighted by molar-refractivity contribution is -0.130. The fourth-order valence-electron chi connectivity index (χ4n) is 3.31. The standard InChI is InChI=1S/C15H24N2O2/c16-11-15(9-5-1-2-6-10-15)14(19)17-12-7-3-4-8-13(12)18/h12-13,18H,1-10H2,(H,17,19). The minimum absolute atomic E-state index is 0.150. The van der Waals surface area contributed by atoms with E-state index in [0.717, 1.165) is 51.4 Å². The Balaban J connectivity index is 2.01. The lowest BCUT2D eigenvalue weighted by atomic mass is 9.80. The molecule has 0 bridgehead atoms. The zero-order chi connectivity index (χ0) is 13.7. The van der Waals surface area contributed by atoms with Crippen molar-refractivity contribution < 1.29 is 9.90 Å². The van der Waals surface area contributed by atoms with Gasteiger partial charge in [0.2, 0.25) is 5.91 Å². The number of nitrogens with zero attached hydrogens (tertiary/aromatic N) is 1. The molecule has 0 aromatic rings. The van der Waals surface area contributed by atoms with Crippen molar-refractivity contribution in [2.75, 3.05) is 0 Å². The van der Waals surface area contributed by atoms with Crippen LogP contribution >= 0.6 is 0 Å². The Morgan fingerprint density at radius 2 is 1.74 bits per heavy atom. The van der Waals surface area contributed by atoms with Gasteiger partial charge in [-0.05, 0) is 25.7 Å². The van der Waals surface area contributed by atoms with Crippen molar-refractivity contribution in [2.45, 2.75) is 76.4 Å². The van der Waals surface area contributed by atoms with E-state index in [9.17, 15) is 15.2 Å². The second-order valence-electron chi connectivity index (χ2n) is 6.04. The van der Waals surface area contributed by atoms with Crippen LogP contribution in [-0.2, 0) is 4.79 Å². The number of amides is 1. The number of rotatable bonds is 2. The summed E-state index contributed by atoms with van der Waals surface area (Å²) >= 11 is 0. The molecule has 2 atom stereocenters. The van der Waals surface area contributed by atoms with E-state index in [0.29, 0.717) is 12.8 Å².